The predicted molar refractivity (Wildman–Crippen MR) is 114 cm³/mol. The number of fused-ring (bicyclic) bond motifs is 1. The predicted octanol–water partition coefficient (Wildman–Crippen LogP) is 5.45. The summed E-state index contributed by atoms with van der Waals surface area (Å²) in [7, 11) is 0. The highest BCUT2D eigenvalue weighted by molar-refractivity contribution is 6.06. The second-order valence-corrected chi connectivity index (χ2v) is 7.42. The Morgan fingerprint density at radius 2 is 1.71 bits per heavy atom. The molecule has 0 bridgehead atoms. The molecule has 0 atom stereocenters. The van der Waals surface area contributed by atoms with Crippen LogP contribution in [-0.4, -0.2) is 28.5 Å². The number of hydrazine groups is 1. The van der Waals surface area contributed by atoms with Gasteiger partial charge in [0, 0.05) is 23.5 Å². The summed E-state index contributed by atoms with van der Waals surface area (Å²) in [5, 5.41) is 5.16. The van der Waals surface area contributed by atoms with Gasteiger partial charge in [-0.2, -0.15) is 0 Å². The first-order valence-corrected chi connectivity index (χ1v) is 10.3. The molecule has 1 fully saturated rings. The van der Waals surface area contributed by atoms with Gasteiger partial charge in [-0.3, -0.25) is 9.78 Å². The molecule has 0 saturated heterocycles. The van der Waals surface area contributed by atoms with Gasteiger partial charge < -0.3 is 0 Å². The van der Waals surface area contributed by atoms with Crippen LogP contribution in [0.4, 0.5) is 5.69 Å². The summed E-state index contributed by atoms with van der Waals surface area (Å²) in [6.45, 7) is 2.92. The fraction of sp³-hybridized carbons (Fsp3) is 0.333. The zero-order valence-corrected chi connectivity index (χ0v) is 16.4. The zero-order valence-electron chi connectivity index (χ0n) is 16.4. The van der Waals surface area contributed by atoms with Gasteiger partial charge in [0.1, 0.15) is 0 Å². The molecule has 0 unspecified atom stereocenters. The molecule has 1 amide bonds. The maximum Gasteiger partial charge on any atom is 0.272 e. The standard InChI is InChI=1S/C24H27N3O/c1-2-26(21-14-7-4-8-15-21)27(24(28)19-11-5-3-6-12-19)22-17-20-13-9-10-16-23(20)25-18-22/h3,5-6,9-13,16-18,21H,2,4,7-8,14-15H2,1H3. The van der Waals surface area contributed by atoms with Crippen molar-refractivity contribution in [2.45, 2.75) is 45.1 Å². The summed E-state index contributed by atoms with van der Waals surface area (Å²) in [6.07, 6.45) is 7.84. The number of amides is 1. The number of pyridine rings is 1. The Hall–Kier alpha value is -2.72. The van der Waals surface area contributed by atoms with Gasteiger partial charge >= 0.3 is 0 Å². The molecule has 1 saturated carbocycles. The van der Waals surface area contributed by atoms with E-state index in [1.165, 1.54) is 19.3 Å². The summed E-state index contributed by atoms with van der Waals surface area (Å²) in [6, 6.07) is 20.1. The van der Waals surface area contributed by atoms with E-state index in [9.17, 15) is 4.79 Å². The lowest BCUT2D eigenvalue weighted by atomic mass is 9.95. The lowest BCUT2D eigenvalue weighted by Crippen LogP contribution is -2.52. The summed E-state index contributed by atoms with van der Waals surface area (Å²) < 4.78 is 0. The first-order valence-electron chi connectivity index (χ1n) is 10.3. The van der Waals surface area contributed by atoms with E-state index in [0.29, 0.717) is 11.6 Å². The van der Waals surface area contributed by atoms with Crippen LogP contribution in [-0.2, 0) is 0 Å². The molecule has 4 heteroatoms. The Morgan fingerprint density at radius 3 is 2.46 bits per heavy atom. The third-order valence-corrected chi connectivity index (χ3v) is 5.61. The molecule has 1 heterocycles. The Labute approximate surface area is 166 Å². The van der Waals surface area contributed by atoms with E-state index in [4.69, 9.17) is 0 Å². The molecule has 1 aromatic heterocycles. The van der Waals surface area contributed by atoms with E-state index in [2.05, 4.69) is 23.0 Å². The molecule has 0 radical (unpaired) electrons. The van der Waals surface area contributed by atoms with Crippen molar-refractivity contribution in [3.05, 3.63) is 72.4 Å². The van der Waals surface area contributed by atoms with Gasteiger partial charge in [-0.15, -0.1) is 0 Å². The third kappa shape index (κ3) is 3.78. The number of anilines is 1. The molecule has 0 aliphatic heterocycles. The SMILES string of the molecule is CCN(C1CCCCC1)N(C(=O)c1ccccc1)c1cnc2ccccc2c1. The molecular weight excluding hydrogens is 346 g/mol. The van der Waals surface area contributed by atoms with Gasteiger partial charge in [-0.25, -0.2) is 10.0 Å². The molecular formula is C24H27N3O. The number of carbonyl (C=O) groups is 1. The van der Waals surface area contributed by atoms with Crippen molar-refractivity contribution in [1.82, 2.24) is 9.99 Å². The highest BCUT2D eigenvalue weighted by atomic mass is 16.2. The normalized spacial score (nSPS) is 15.1. The monoisotopic (exact) mass is 373 g/mol. The van der Waals surface area contributed by atoms with Crippen molar-refractivity contribution in [3.8, 4) is 0 Å². The van der Waals surface area contributed by atoms with Crippen LogP contribution in [0.25, 0.3) is 10.9 Å². The summed E-state index contributed by atoms with van der Waals surface area (Å²) in [5.41, 5.74) is 2.48. The van der Waals surface area contributed by atoms with Crippen LogP contribution in [0.2, 0.25) is 0 Å². The number of hydrogen-bond acceptors (Lipinski definition) is 3. The van der Waals surface area contributed by atoms with E-state index in [1.54, 1.807) is 0 Å². The van der Waals surface area contributed by atoms with Crippen molar-refractivity contribution in [1.29, 1.82) is 0 Å². The van der Waals surface area contributed by atoms with Gasteiger partial charge in [0.15, 0.2) is 0 Å². The lowest BCUT2D eigenvalue weighted by Gasteiger charge is -2.41. The molecule has 144 valence electrons. The molecule has 4 rings (SSSR count). The molecule has 1 aliphatic rings. The second-order valence-electron chi connectivity index (χ2n) is 7.42. The topological polar surface area (TPSA) is 36.4 Å². The quantitative estimate of drug-likeness (QED) is 0.558. The van der Waals surface area contributed by atoms with E-state index < -0.39 is 0 Å². The molecule has 0 spiro atoms. The van der Waals surface area contributed by atoms with Crippen molar-refractivity contribution in [2.24, 2.45) is 0 Å². The Kier molecular flexibility index (Phi) is 5.68. The molecule has 3 aromatic rings. The Balaban J connectivity index is 1.78. The van der Waals surface area contributed by atoms with Crippen LogP contribution in [0, 0.1) is 0 Å². The molecule has 1 aliphatic carbocycles. The number of para-hydroxylation sites is 1. The van der Waals surface area contributed by atoms with Gasteiger partial charge in [-0.05, 0) is 37.1 Å². The minimum atomic E-state index is 0.00473. The van der Waals surface area contributed by atoms with E-state index in [0.717, 1.165) is 36.0 Å². The fourth-order valence-electron chi connectivity index (χ4n) is 4.20. The van der Waals surface area contributed by atoms with Gasteiger partial charge in [0.2, 0.25) is 0 Å². The number of hydrogen-bond donors (Lipinski definition) is 0. The summed E-state index contributed by atoms with van der Waals surface area (Å²) >= 11 is 0. The van der Waals surface area contributed by atoms with Crippen molar-refractivity contribution in [3.63, 3.8) is 0 Å². The summed E-state index contributed by atoms with van der Waals surface area (Å²) in [5.74, 6) is 0.00473. The van der Waals surface area contributed by atoms with Crippen LogP contribution in [0.5, 0.6) is 0 Å². The number of rotatable bonds is 5. The van der Waals surface area contributed by atoms with Crippen LogP contribution < -0.4 is 5.01 Å². The van der Waals surface area contributed by atoms with E-state index >= 15 is 0 Å². The van der Waals surface area contributed by atoms with Crippen LogP contribution in [0.3, 0.4) is 0 Å². The highest BCUT2D eigenvalue weighted by Gasteiger charge is 2.30. The Morgan fingerprint density at radius 1 is 1.00 bits per heavy atom. The maximum atomic E-state index is 13.6. The van der Waals surface area contributed by atoms with Crippen LogP contribution in [0.1, 0.15) is 49.4 Å². The lowest BCUT2D eigenvalue weighted by molar-refractivity contribution is 0.0808. The Bertz CT molecular complexity index is 935. The second kappa shape index (κ2) is 8.53. The highest BCUT2D eigenvalue weighted by Crippen LogP contribution is 2.29. The van der Waals surface area contributed by atoms with Crippen molar-refractivity contribution < 1.29 is 4.79 Å². The van der Waals surface area contributed by atoms with Gasteiger partial charge in [0.25, 0.3) is 5.91 Å². The first kappa shape index (κ1) is 18.6. The van der Waals surface area contributed by atoms with Gasteiger partial charge in [-0.1, -0.05) is 62.6 Å². The molecule has 4 nitrogen and oxygen atoms in total. The zero-order chi connectivity index (χ0) is 19.3. The van der Waals surface area contributed by atoms with Crippen molar-refractivity contribution in [2.75, 3.05) is 11.6 Å². The number of nitrogens with zero attached hydrogens (tertiary/aromatic N) is 3. The largest absolute Gasteiger partial charge is 0.272 e. The molecule has 2 aromatic carbocycles. The first-order chi connectivity index (χ1) is 13.8. The molecule has 28 heavy (non-hydrogen) atoms. The number of aromatic nitrogens is 1. The van der Waals surface area contributed by atoms with Gasteiger partial charge in [0.05, 0.1) is 17.4 Å². The van der Waals surface area contributed by atoms with E-state index in [1.807, 2.05) is 65.8 Å². The number of carbonyl (C=O) groups excluding carboxylic acids is 1. The van der Waals surface area contributed by atoms with Crippen LogP contribution in [0.15, 0.2) is 66.9 Å². The summed E-state index contributed by atoms with van der Waals surface area (Å²) in [4.78, 5) is 18.2. The van der Waals surface area contributed by atoms with Crippen molar-refractivity contribution >= 4 is 22.5 Å². The number of benzene rings is 2. The average Bonchev–Trinajstić information content (AvgIpc) is 2.78. The smallest absolute Gasteiger partial charge is 0.267 e. The maximum absolute atomic E-state index is 13.6. The fourth-order valence-corrected chi connectivity index (χ4v) is 4.20. The minimum Gasteiger partial charge on any atom is -0.267 e. The minimum absolute atomic E-state index is 0.00473. The van der Waals surface area contributed by atoms with E-state index in [-0.39, 0.29) is 5.91 Å². The third-order valence-electron chi connectivity index (χ3n) is 5.61. The molecule has 0 N–H and O–H groups in total. The van der Waals surface area contributed by atoms with Crippen LogP contribution >= 0.6 is 0 Å². The average molecular weight is 374 g/mol.